The van der Waals surface area contributed by atoms with Gasteiger partial charge in [-0.15, -0.1) is 0 Å². The van der Waals surface area contributed by atoms with Crippen LogP contribution in [0.25, 0.3) is 0 Å². The monoisotopic (exact) mass is 381 g/mol. The predicted molar refractivity (Wildman–Crippen MR) is 110 cm³/mol. The molecule has 140 valence electrons. The van der Waals surface area contributed by atoms with Gasteiger partial charge in [0, 0.05) is 5.69 Å². The number of hydrazone groups is 1. The Kier molecular flexibility index (Phi) is 5.07. The number of benzene rings is 2. The number of hydrogen-bond acceptors (Lipinski definition) is 5. The molecule has 1 saturated carbocycles. The Morgan fingerprint density at radius 1 is 1.15 bits per heavy atom. The van der Waals surface area contributed by atoms with Crippen LogP contribution in [0.4, 0.5) is 5.69 Å². The highest BCUT2D eigenvalue weighted by atomic mass is 32.2. The number of carbonyl (C=O) groups is 1. The van der Waals surface area contributed by atoms with Crippen LogP contribution in [0.2, 0.25) is 0 Å². The van der Waals surface area contributed by atoms with Crippen LogP contribution in [-0.4, -0.2) is 22.9 Å². The molecule has 0 saturated heterocycles. The van der Waals surface area contributed by atoms with Crippen molar-refractivity contribution in [3.8, 4) is 5.75 Å². The molecule has 1 aliphatic carbocycles. The summed E-state index contributed by atoms with van der Waals surface area (Å²) in [7, 11) is 1.62. The van der Waals surface area contributed by atoms with E-state index in [-0.39, 0.29) is 10.8 Å². The topological polar surface area (TPSA) is 62.7 Å². The summed E-state index contributed by atoms with van der Waals surface area (Å²) in [6.07, 6.45) is 4.21. The summed E-state index contributed by atoms with van der Waals surface area (Å²) in [6, 6.07) is 18.0. The van der Waals surface area contributed by atoms with Gasteiger partial charge in [-0.1, -0.05) is 42.1 Å². The number of nitrogens with one attached hydrogen (secondary N) is 2. The van der Waals surface area contributed by atoms with Crippen LogP contribution in [0.1, 0.15) is 37.2 Å². The number of amides is 1. The lowest BCUT2D eigenvalue weighted by Gasteiger charge is -2.36. The summed E-state index contributed by atoms with van der Waals surface area (Å²) >= 11 is 1.57. The molecule has 1 aliphatic heterocycles. The van der Waals surface area contributed by atoms with Crippen molar-refractivity contribution in [2.45, 2.75) is 36.5 Å². The number of rotatable bonds is 4. The minimum absolute atomic E-state index is 0.141. The molecule has 4 rings (SSSR count). The molecule has 0 unspecified atom stereocenters. The van der Waals surface area contributed by atoms with Crippen LogP contribution >= 0.6 is 11.8 Å². The van der Waals surface area contributed by atoms with Crippen LogP contribution < -0.4 is 15.5 Å². The van der Waals surface area contributed by atoms with Gasteiger partial charge in [-0.2, -0.15) is 5.10 Å². The van der Waals surface area contributed by atoms with Crippen molar-refractivity contribution in [3.05, 3.63) is 60.2 Å². The number of nitrogens with zero attached hydrogens (tertiary/aromatic N) is 1. The lowest BCUT2D eigenvalue weighted by molar-refractivity contribution is -0.110. The maximum absolute atomic E-state index is 12.5. The molecule has 2 aliphatic rings. The van der Waals surface area contributed by atoms with Gasteiger partial charge < -0.3 is 10.1 Å². The van der Waals surface area contributed by atoms with Gasteiger partial charge >= 0.3 is 0 Å². The minimum Gasteiger partial charge on any atom is -0.497 e. The fourth-order valence-electron chi connectivity index (χ4n) is 3.70. The van der Waals surface area contributed by atoms with Gasteiger partial charge in [-0.3, -0.25) is 10.2 Å². The van der Waals surface area contributed by atoms with Crippen molar-refractivity contribution in [1.82, 2.24) is 5.43 Å². The molecule has 27 heavy (non-hydrogen) atoms. The maximum atomic E-state index is 12.5. The Hall–Kier alpha value is -2.47. The highest BCUT2D eigenvalue weighted by Crippen LogP contribution is 2.46. The first-order valence-corrected chi connectivity index (χ1v) is 10.0. The quantitative estimate of drug-likeness (QED) is 0.827. The van der Waals surface area contributed by atoms with Crippen molar-refractivity contribution in [2.24, 2.45) is 5.10 Å². The Morgan fingerprint density at radius 3 is 2.52 bits per heavy atom. The Balaban J connectivity index is 1.33. The highest BCUT2D eigenvalue weighted by molar-refractivity contribution is 8.17. The van der Waals surface area contributed by atoms with Gasteiger partial charge in [0.2, 0.25) is 0 Å². The number of methoxy groups -OCH3 is 1. The molecule has 1 amide bonds. The number of carbonyl (C=O) groups excluding carboxylic acids is 1. The fourth-order valence-corrected chi connectivity index (χ4v) is 4.83. The van der Waals surface area contributed by atoms with E-state index in [1.165, 1.54) is 5.56 Å². The van der Waals surface area contributed by atoms with E-state index in [9.17, 15) is 4.79 Å². The van der Waals surface area contributed by atoms with Crippen molar-refractivity contribution >= 4 is 28.4 Å². The normalized spacial score (nSPS) is 24.2. The van der Waals surface area contributed by atoms with Crippen molar-refractivity contribution in [2.75, 3.05) is 12.4 Å². The summed E-state index contributed by atoms with van der Waals surface area (Å²) in [6.45, 7) is 0. The SMILES string of the molecule is COc1ccc(NC(=O)C2=NNC3(CCC(c4ccccc4)CC3)S2)cc1. The molecule has 5 nitrogen and oxygen atoms in total. The Morgan fingerprint density at radius 2 is 1.85 bits per heavy atom. The van der Waals surface area contributed by atoms with E-state index in [4.69, 9.17) is 4.74 Å². The molecule has 2 aromatic rings. The second-order valence-electron chi connectivity index (χ2n) is 6.99. The standard InChI is InChI=1S/C21H23N3O2S/c1-26-18-9-7-17(8-10-18)22-19(25)20-23-24-21(27-20)13-11-16(12-14-21)15-5-3-2-4-6-15/h2-10,16,24H,11-14H2,1H3,(H,22,25). The third-order valence-corrected chi connectivity index (χ3v) is 6.62. The van der Waals surface area contributed by atoms with E-state index in [1.807, 2.05) is 24.3 Å². The van der Waals surface area contributed by atoms with Gasteiger partial charge in [0.1, 0.15) is 10.6 Å². The number of hydrogen-bond donors (Lipinski definition) is 2. The zero-order valence-electron chi connectivity index (χ0n) is 15.3. The van der Waals surface area contributed by atoms with E-state index in [1.54, 1.807) is 18.9 Å². The van der Waals surface area contributed by atoms with Crippen molar-refractivity contribution in [1.29, 1.82) is 0 Å². The lowest BCUT2D eigenvalue weighted by Crippen LogP contribution is -2.39. The van der Waals surface area contributed by atoms with E-state index in [0.29, 0.717) is 11.0 Å². The molecule has 0 bridgehead atoms. The van der Waals surface area contributed by atoms with Gasteiger partial charge in [0.15, 0.2) is 5.04 Å². The summed E-state index contributed by atoms with van der Waals surface area (Å²) in [5.74, 6) is 1.19. The molecular formula is C21H23N3O2S. The second kappa shape index (κ2) is 7.64. The molecule has 6 heteroatoms. The van der Waals surface area contributed by atoms with E-state index in [0.717, 1.165) is 37.1 Å². The molecule has 2 aromatic carbocycles. The number of thioether (sulfide) groups is 1. The van der Waals surface area contributed by atoms with Crippen molar-refractivity contribution < 1.29 is 9.53 Å². The summed E-state index contributed by atoms with van der Waals surface area (Å²) < 4.78 is 5.14. The van der Waals surface area contributed by atoms with Crippen LogP contribution in [0.15, 0.2) is 59.7 Å². The largest absolute Gasteiger partial charge is 0.497 e. The molecule has 0 radical (unpaired) electrons. The van der Waals surface area contributed by atoms with E-state index < -0.39 is 0 Å². The third kappa shape index (κ3) is 3.95. The second-order valence-corrected chi connectivity index (χ2v) is 8.36. The molecule has 1 spiro atoms. The van der Waals surface area contributed by atoms with Gasteiger partial charge in [-0.05, 0) is 61.4 Å². The first-order valence-electron chi connectivity index (χ1n) is 9.22. The summed E-state index contributed by atoms with van der Waals surface area (Å²) in [4.78, 5) is 12.4. The van der Waals surface area contributed by atoms with Crippen LogP contribution in [-0.2, 0) is 4.79 Å². The number of ether oxygens (including phenoxy) is 1. The molecule has 2 N–H and O–H groups in total. The highest BCUT2D eigenvalue weighted by Gasteiger charge is 2.42. The maximum Gasteiger partial charge on any atom is 0.282 e. The summed E-state index contributed by atoms with van der Waals surface area (Å²) in [5, 5.41) is 7.74. The zero-order valence-corrected chi connectivity index (χ0v) is 16.1. The average Bonchev–Trinajstić information content (AvgIpc) is 3.13. The molecular weight excluding hydrogens is 358 g/mol. The Bertz CT molecular complexity index is 828. The predicted octanol–water partition coefficient (Wildman–Crippen LogP) is 4.34. The summed E-state index contributed by atoms with van der Waals surface area (Å²) in [5.41, 5.74) is 5.39. The fraction of sp³-hybridized carbons (Fsp3) is 0.333. The van der Waals surface area contributed by atoms with Crippen LogP contribution in [0, 0.1) is 0 Å². The average molecular weight is 382 g/mol. The van der Waals surface area contributed by atoms with E-state index in [2.05, 4.69) is 46.2 Å². The first kappa shape index (κ1) is 17.9. The Labute approximate surface area is 163 Å². The third-order valence-electron chi connectivity index (χ3n) is 5.26. The minimum atomic E-state index is -0.167. The molecule has 1 fully saturated rings. The lowest BCUT2D eigenvalue weighted by atomic mass is 9.81. The number of anilines is 1. The first-order chi connectivity index (χ1) is 13.2. The van der Waals surface area contributed by atoms with Crippen molar-refractivity contribution in [3.63, 3.8) is 0 Å². The molecule has 1 heterocycles. The molecule has 0 aromatic heterocycles. The van der Waals surface area contributed by atoms with E-state index >= 15 is 0 Å². The smallest absolute Gasteiger partial charge is 0.282 e. The van der Waals surface area contributed by atoms with Gasteiger partial charge in [0.05, 0.1) is 7.11 Å². The van der Waals surface area contributed by atoms with Gasteiger partial charge in [0.25, 0.3) is 5.91 Å². The van der Waals surface area contributed by atoms with Crippen LogP contribution in [0.5, 0.6) is 5.75 Å². The van der Waals surface area contributed by atoms with Crippen LogP contribution in [0.3, 0.4) is 0 Å². The zero-order chi connectivity index (χ0) is 18.7. The molecule has 0 atom stereocenters. The van der Waals surface area contributed by atoms with Gasteiger partial charge in [-0.25, -0.2) is 0 Å².